The van der Waals surface area contributed by atoms with Gasteiger partial charge >= 0.3 is 5.97 Å². The van der Waals surface area contributed by atoms with Crippen molar-refractivity contribution in [3.63, 3.8) is 0 Å². The van der Waals surface area contributed by atoms with E-state index in [1.807, 2.05) is 11.9 Å². The Hall–Kier alpha value is -1.42. The van der Waals surface area contributed by atoms with E-state index in [9.17, 15) is 9.18 Å². The number of hydrogen-bond donors (Lipinski definition) is 1. The second-order valence-electron chi connectivity index (χ2n) is 4.28. The van der Waals surface area contributed by atoms with Crippen molar-refractivity contribution < 1.29 is 14.3 Å². The number of carbonyl (C=O) groups is 1. The van der Waals surface area contributed by atoms with Crippen molar-refractivity contribution in [2.75, 3.05) is 7.05 Å². The number of carboxylic acids is 1. The molecule has 0 amide bonds. The van der Waals surface area contributed by atoms with Crippen molar-refractivity contribution in [2.24, 2.45) is 0 Å². The summed E-state index contributed by atoms with van der Waals surface area (Å²) in [5.41, 5.74) is 0.509. The first-order chi connectivity index (χ1) is 7.95. The summed E-state index contributed by atoms with van der Waals surface area (Å²) < 4.78 is 13.6. The molecule has 1 unspecified atom stereocenters. The van der Waals surface area contributed by atoms with E-state index in [-0.39, 0.29) is 5.56 Å². The third-order valence-corrected chi connectivity index (χ3v) is 3.06. The maximum atomic E-state index is 13.6. The number of rotatable bonds is 5. The molecule has 0 fully saturated rings. The first-order valence-electron chi connectivity index (χ1n) is 5.67. The van der Waals surface area contributed by atoms with Crippen LogP contribution in [0.3, 0.4) is 0 Å². The highest BCUT2D eigenvalue weighted by Crippen LogP contribution is 2.14. The molecule has 1 atom stereocenters. The van der Waals surface area contributed by atoms with Gasteiger partial charge in [-0.3, -0.25) is 4.90 Å². The number of hydrogen-bond acceptors (Lipinski definition) is 2. The lowest BCUT2D eigenvalue weighted by Crippen LogP contribution is -2.28. The third-order valence-electron chi connectivity index (χ3n) is 3.06. The summed E-state index contributed by atoms with van der Waals surface area (Å²) in [7, 11) is 1.93. The van der Waals surface area contributed by atoms with Gasteiger partial charge in [-0.25, -0.2) is 9.18 Å². The quantitative estimate of drug-likeness (QED) is 0.859. The molecule has 0 bridgehead atoms. The van der Waals surface area contributed by atoms with Crippen LogP contribution in [0, 0.1) is 5.82 Å². The zero-order chi connectivity index (χ0) is 13.0. The number of carboxylic acid groups (broad SMARTS) is 1. The highest BCUT2D eigenvalue weighted by molar-refractivity contribution is 5.87. The Bertz CT molecular complexity index is 406. The van der Waals surface area contributed by atoms with Gasteiger partial charge in [0.25, 0.3) is 0 Å². The van der Waals surface area contributed by atoms with Gasteiger partial charge in [0, 0.05) is 18.2 Å². The van der Waals surface area contributed by atoms with Crippen molar-refractivity contribution in [1.82, 2.24) is 4.90 Å². The molecule has 0 aliphatic carbocycles. The van der Waals surface area contributed by atoms with Gasteiger partial charge in [0.2, 0.25) is 0 Å². The van der Waals surface area contributed by atoms with Crippen LogP contribution in [-0.2, 0) is 6.54 Å². The molecule has 1 aromatic carbocycles. The van der Waals surface area contributed by atoms with Crippen LogP contribution in [-0.4, -0.2) is 29.1 Å². The van der Waals surface area contributed by atoms with Gasteiger partial charge in [0.1, 0.15) is 5.82 Å². The molecule has 0 radical (unpaired) electrons. The molecule has 0 saturated carbocycles. The van der Waals surface area contributed by atoms with Gasteiger partial charge in [-0.05, 0) is 32.5 Å². The Kier molecular flexibility index (Phi) is 4.63. The number of aromatic carboxylic acids is 1. The summed E-state index contributed by atoms with van der Waals surface area (Å²) in [6.07, 6.45) is 0.991. The predicted octanol–water partition coefficient (Wildman–Crippen LogP) is 2.75. The minimum Gasteiger partial charge on any atom is -0.478 e. The Morgan fingerprint density at radius 3 is 2.65 bits per heavy atom. The third kappa shape index (κ3) is 3.53. The maximum Gasteiger partial charge on any atom is 0.335 e. The minimum atomic E-state index is -1.11. The molecule has 1 aromatic rings. The average molecular weight is 239 g/mol. The largest absolute Gasteiger partial charge is 0.478 e. The molecule has 94 valence electrons. The van der Waals surface area contributed by atoms with Gasteiger partial charge in [-0.1, -0.05) is 13.0 Å². The van der Waals surface area contributed by atoms with Crippen LogP contribution in [0.2, 0.25) is 0 Å². The Balaban J connectivity index is 2.82. The van der Waals surface area contributed by atoms with E-state index in [1.54, 1.807) is 0 Å². The molecule has 0 aromatic heterocycles. The Morgan fingerprint density at radius 1 is 1.53 bits per heavy atom. The standard InChI is InChI=1S/C13H18FNO2/c1-4-9(2)15(3)8-11-6-5-10(13(16)17)7-12(11)14/h5-7,9H,4,8H2,1-3H3,(H,16,17). The molecule has 1 rings (SSSR count). The zero-order valence-electron chi connectivity index (χ0n) is 10.4. The fourth-order valence-electron chi connectivity index (χ4n) is 1.54. The first kappa shape index (κ1) is 13.6. The molecular weight excluding hydrogens is 221 g/mol. The molecular formula is C13H18FNO2. The second kappa shape index (κ2) is 5.77. The van der Waals surface area contributed by atoms with Crippen LogP contribution in [0.4, 0.5) is 4.39 Å². The number of halogens is 1. The van der Waals surface area contributed by atoms with Gasteiger partial charge in [-0.15, -0.1) is 0 Å². The molecule has 17 heavy (non-hydrogen) atoms. The number of benzene rings is 1. The molecule has 0 aliphatic rings. The zero-order valence-corrected chi connectivity index (χ0v) is 10.4. The van der Waals surface area contributed by atoms with Crippen LogP contribution in [0.25, 0.3) is 0 Å². The van der Waals surface area contributed by atoms with E-state index in [2.05, 4.69) is 13.8 Å². The summed E-state index contributed by atoms with van der Waals surface area (Å²) in [4.78, 5) is 12.7. The fourth-order valence-corrected chi connectivity index (χ4v) is 1.54. The van der Waals surface area contributed by atoms with Crippen LogP contribution in [0.1, 0.15) is 36.2 Å². The van der Waals surface area contributed by atoms with Crippen molar-refractivity contribution >= 4 is 5.97 Å². The van der Waals surface area contributed by atoms with Gasteiger partial charge in [0.15, 0.2) is 0 Å². The second-order valence-corrected chi connectivity index (χ2v) is 4.28. The van der Waals surface area contributed by atoms with Gasteiger partial charge in [-0.2, -0.15) is 0 Å². The minimum absolute atomic E-state index is 0.0163. The summed E-state index contributed by atoms with van der Waals surface area (Å²) in [6, 6.07) is 4.42. The lowest BCUT2D eigenvalue weighted by molar-refractivity contribution is 0.0696. The molecule has 1 N–H and O–H groups in total. The van der Waals surface area contributed by atoms with Crippen molar-refractivity contribution in [2.45, 2.75) is 32.9 Å². The first-order valence-corrected chi connectivity index (χ1v) is 5.67. The normalized spacial score (nSPS) is 12.8. The lowest BCUT2D eigenvalue weighted by atomic mass is 10.1. The molecule has 3 nitrogen and oxygen atoms in total. The van der Waals surface area contributed by atoms with Crippen molar-refractivity contribution in [3.05, 3.63) is 35.1 Å². The van der Waals surface area contributed by atoms with E-state index < -0.39 is 11.8 Å². The van der Waals surface area contributed by atoms with Crippen LogP contribution in [0.5, 0.6) is 0 Å². The summed E-state index contributed by atoms with van der Waals surface area (Å²) in [5, 5.41) is 8.73. The fraction of sp³-hybridized carbons (Fsp3) is 0.462. The highest BCUT2D eigenvalue weighted by Gasteiger charge is 2.12. The molecule has 0 aliphatic heterocycles. The van der Waals surface area contributed by atoms with Crippen LogP contribution in [0.15, 0.2) is 18.2 Å². The monoisotopic (exact) mass is 239 g/mol. The Labute approximate surface area is 101 Å². The topological polar surface area (TPSA) is 40.5 Å². The number of nitrogens with zero attached hydrogens (tertiary/aromatic N) is 1. The van der Waals surface area contributed by atoms with Crippen LogP contribution < -0.4 is 0 Å². The molecule has 0 heterocycles. The smallest absolute Gasteiger partial charge is 0.335 e. The highest BCUT2D eigenvalue weighted by atomic mass is 19.1. The van der Waals surface area contributed by atoms with Crippen LogP contribution >= 0.6 is 0 Å². The predicted molar refractivity (Wildman–Crippen MR) is 64.6 cm³/mol. The summed E-state index contributed by atoms with van der Waals surface area (Å²) in [6.45, 7) is 4.63. The lowest BCUT2D eigenvalue weighted by Gasteiger charge is -2.23. The molecule has 0 saturated heterocycles. The van der Waals surface area contributed by atoms with Gasteiger partial charge < -0.3 is 5.11 Å². The Morgan fingerprint density at radius 2 is 2.18 bits per heavy atom. The average Bonchev–Trinajstić information content (AvgIpc) is 2.30. The van der Waals surface area contributed by atoms with E-state index in [1.165, 1.54) is 12.1 Å². The summed E-state index contributed by atoms with van der Waals surface area (Å²) >= 11 is 0. The van der Waals surface area contributed by atoms with Gasteiger partial charge in [0.05, 0.1) is 5.56 Å². The molecule has 4 heteroatoms. The maximum absolute atomic E-state index is 13.6. The molecule has 0 spiro atoms. The van der Waals surface area contributed by atoms with E-state index in [0.29, 0.717) is 18.2 Å². The van der Waals surface area contributed by atoms with Crippen molar-refractivity contribution in [1.29, 1.82) is 0 Å². The SMILES string of the molecule is CCC(C)N(C)Cc1ccc(C(=O)O)cc1F. The van der Waals surface area contributed by atoms with E-state index in [4.69, 9.17) is 5.11 Å². The van der Waals surface area contributed by atoms with E-state index in [0.717, 1.165) is 12.5 Å². The van der Waals surface area contributed by atoms with Crippen molar-refractivity contribution in [3.8, 4) is 0 Å². The summed E-state index contributed by atoms with van der Waals surface area (Å²) in [5.74, 6) is -1.56. The van der Waals surface area contributed by atoms with E-state index >= 15 is 0 Å².